The number of hydrogen-bond acceptors (Lipinski definition) is 3. The number of nitrogens with zero attached hydrogens (tertiary/aromatic N) is 1. The highest BCUT2D eigenvalue weighted by Crippen LogP contribution is 2.40. The van der Waals surface area contributed by atoms with Crippen LogP contribution in [0.25, 0.3) is 11.1 Å². The Hall–Kier alpha value is -2.07. The zero-order valence-corrected chi connectivity index (χ0v) is 14.4. The van der Waals surface area contributed by atoms with Crippen molar-refractivity contribution in [3.63, 3.8) is 0 Å². The predicted molar refractivity (Wildman–Crippen MR) is 96.1 cm³/mol. The molecule has 0 bridgehead atoms. The normalized spacial score (nSPS) is 10.5. The minimum absolute atomic E-state index is 0.234. The van der Waals surface area contributed by atoms with Crippen molar-refractivity contribution in [1.29, 1.82) is 0 Å². The zero-order chi connectivity index (χ0) is 17.1. The quantitative estimate of drug-likeness (QED) is 0.419. The first-order valence-corrected chi connectivity index (χ1v) is 8.06. The first-order valence-electron chi connectivity index (χ1n) is 6.92. The summed E-state index contributed by atoms with van der Waals surface area (Å²) in [5.41, 5.74) is 1.59. The summed E-state index contributed by atoms with van der Waals surface area (Å²) in [5, 5.41) is 1.25. The van der Waals surface area contributed by atoms with E-state index in [2.05, 4.69) is 4.98 Å². The molecule has 0 aliphatic rings. The minimum Gasteiger partial charge on any atom is -0.421 e. The number of carbonyl (C=O) groups is 1. The molecule has 0 aliphatic heterocycles. The van der Waals surface area contributed by atoms with Gasteiger partial charge in [-0.2, -0.15) is 0 Å². The Morgan fingerprint density at radius 3 is 2.46 bits per heavy atom. The molecule has 2 aromatic carbocycles. The van der Waals surface area contributed by atoms with Crippen molar-refractivity contribution in [2.24, 2.45) is 0 Å². The Morgan fingerprint density at radius 2 is 1.75 bits per heavy atom. The van der Waals surface area contributed by atoms with E-state index in [9.17, 15) is 4.79 Å². The van der Waals surface area contributed by atoms with E-state index >= 15 is 0 Å². The smallest absolute Gasteiger partial charge is 0.345 e. The van der Waals surface area contributed by atoms with Crippen molar-refractivity contribution in [3.8, 4) is 16.9 Å². The molecule has 0 saturated carbocycles. The third-order valence-corrected chi connectivity index (χ3v) is 4.13. The van der Waals surface area contributed by atoms with E-state index in [1.165, 1.54) is 6.20 Å². The van der Waals surface area contributed by atoms with Gasteiger partial charge >= 0.3 is 5.97 Å². The highest BCUT2D eigenvalue weighted by molar-refractivity contribution is 6.37. The number of esters is 1. The third-order valence-electron chi connectivity index (χ3n) is 3.28. The summed E-state index contributed by atoms with van der Waals surface area (Å²) in [5.74, 6) is -0.320. The highest BCUT2D eigenvalue weighted by Gasteiger charge is 2.17. The monoisotopic (exact) mass is 377 g/mol. The zero-order valence-electron chi connectivity index (χ0n) is 12.2. The van der Waals surface area contributed by atoms with Crippen LogP contribution < -0.4 is 4.74 Å². The average molecular weight is 379 g/mol. The first kappa shape index (κ1) is 16.8. The van der Waals surface area contributed by atoms with Crippen LogP contribution in [0, 0.1) is 0 Å². The number of halogens is 3. The molecule has 3 nitrogen and oxygen atoms in total. The fraction of sp³-hybridized carbons (Fsp3) is 0. The predicted octanol–water partition coefficient (Wildman–Crippen LogP) is 5.93. The Kier molecular flexibility index (Phi) is 5.05. The number of carbonyl (C=O) groups excluding carboxylic acids is 1. The lowest BCUT2D eigenvalue weighted by molar-refractivity contribution is 0.0735. The van der Waals surface area contributed by atoms with Crippen LogP contribution in [0.1, 0.15) is 10.4 Å². The van der Waals surface area contributed by atoms with Gasteiger partial charge in [0, 0.05) is 28.5 Å². The highest BCUT2D eigenvalue weighted by atomic mass is 35.5. The van der Waals surface area contributed by atoms with E-state index in [0.29, 0.717) is 31.8 Å². The minimum atomic E-state index is -0.553. The van der Waals surface area contributed by atoms with E-state index in [4.69, 9.17) is 39.5 Å². The van der Waals surface area contributed by atoms with Crippen LogP contribution in [0.2, 0.25) is 15.1 Å². The van der Waals surface area contributed by atoms with Crippen LogP contribution in [0.4, 0.5) is 0 Å². The Labute approximate surface area is 153 Å². The second-order valence-electron chi connectivity index (χ2n) is 4.87. The van der Waals surface area contributed by atoms with Crippen LogP contribution in [0.5, 0.6) is 5.75 Å². The third kappa shape index (κ3) is 3.54. The standard InChI is InChI=1S/C18H10Cl3NO2/c19-12-6-7-13(16(21)9-12)14-4-1-5-15(20)17(14)24-18(23)11-3-2-8-22-10-11/h1-10H. The molecule has 120 valence electrons. The second-order valence-corrected chi connectivity index (χ2v) is 6.12. The average Bonchev–Trinajstić information content (AvgIpc) is 2.58. The van der Waals surface area contributed by atoms with Crippen LogP contribution in [-0.4, -0.2) is 11.0 Å². The number of aromatic nitrogens is 1. The molecule has 24 heavy (non-hydrogen) atoms. The number of hydrogen-bond donors (Lipinski definition) is 0. The Balaban J connectivity index is 2.04. The SMILES string of the molecule is O=C(Oc1c(Cl)cccc1-c1ccc(Cl)cc1Cl)c1cccnc1. The fourth-order valence-corrected chi connectivity index (χ4v) is 2.89. The Bertz CT molecular complexity index is 898. The molecule has 0 N–H and O–H groups in total. The summed E-state index contributed by atoms with van der Waals surface area (Å²) in [6, 6.07) is 13.5. The van der Waals surface area contributed by atoms with E-state index < -0.39 is 5.97 Å². The van der Waals surface area contributed by atoms with Crippen molar-refractivity contribution in [2.45, 2.75) is 0 Å². The lowest BCUT2D eigenvalue weighted by Gasteiger charge is -2.13. The summed E-state index contributed by atoms with van der Waals surface area (Å²) < 4.78 is 5.50. The van der Waals surface area contributed by atoms with E-state index in [1.54, 1.807) is 54.7 Å². The molecule has 3 aromatic rings. The molecule has 0 aliphatic carbocycles. The molecule has 0 saturated heterocycles. The molecule has 0 amide bonds. The van der Waals surface area contributed by atoms with Crippen LogP contribution in [0.3, 0.4) is 0 Å². The number of benzene rings is 2. The van der Waals surface area contributed by atoms with Gasteiger partial charge in [0.25, 0.3) is 0 Å². The number of para-hydroxylation sites is 1. The van der Waals surface area contributed by atoms with Gasteiger partial charge in [0.05, 0.1) is 15.6 Å². The lowest BCUT2D eigenvalue weighted by Crippen LogP contribution is -2.09. The molecule has 0 atom stereocenters. The number of rotatable bonds is 3. The largest absolute Gasteiger partial charge is 0.421 e. The van der Waals surface area contributed by atoms with Crippen molar-refractivity contribution in [1.82, 2.24) is 4.98 Å². The maximum atomic E-state index is 12.3. The van der Waals surface area contributed by atoms with Crippen molar-refractivity contribution in [3.05, 3.63) is 81.6 Å². The van der Waals surface area contributed by atoms with Gasteiger partial charge in [-0.05, 0) is 30.3 Å². The van der Waals surface area contributed by atoms with Gasteiger partial charge in [0.2, 0.25) is 0 Å². The van der Waals surface area contributed by atoms with Gasteiger partial charge in [0.1, 0.15) is 0 Å². The fourth-order valence-electron chi connectivity index (χ4n) is 2.17. The number of ether oxygens (including phenoxy) is 1. The summed E-state index contributed by atoms with van der Waals surface area (Å²) in [6.45, 7) is 0. The van der Waals surface area contributed by atoms with Crippen LogP contribution >= 0.6 is 34.8 Å². The topological polar surface area (TPSA) is 39.2 Å². The molecule has 0 radical (unpaired) electrons. The molecule has 3 rings (SSSR count). The molecule has 0 fully saturated rings. The molecule has 1 aromatic heterocycles. The first-order chi connectivity index (χ1) is 11.6. The molecular weight excluding hydrogens is 369 g/mol. The lowest BCUT2D eigenvalue weighted by atomic mass is 10.0. The van der Waals surface area contributed by atoms with E-state index in [0.717, 1.165) is 0 Å². The van der Waals surface area contributed by atoms with Gasteiger partial charge in [0.15, 0.2) is 5.75 Å². The van der Waals surface area contributed by atoms with Gasteiger partial charge in [-0.1, -0.05) is 53.0 Å². The Morgan fingerprint density at radius 1 is 0.917 bits per heavy atom. The van der Waals surface area contributed by atoms with Gasteiger partial charge in [-0.25, -0.2) is 4.79 Å². The molecule has 1 heterocycles. The van der Waals surface area contributed by atoms with Gasteiger partial charge in [-0.3, -0.25) is 4.98 Å². The molecule has 0 unspecified atom stereocenters. The van der Waals surface area contributed by atoms with E-state index in [-0.39, 0.29) is 5.75 Å². The summed E-state index contributed by atoms with van der Waals surface area (Å²) in [7, 11) is 0. The van der Waals surface area contributed by atoms with Gasteiger partial charge < -0.3 is 4.74 Å². The summed E-state index contributed by atoms with van der Waals surface area (Å²) in [4.78, 5) is 16.2. The van der Waals surface area contributed by atoms with E-state index in [1.807, 2.05) is 0 Å². The van der Waals surface area contributed by atoms with Crippen LogP contribution in [0.15, 0.2) is 60.9 Å². The molecule has 0 spiro atoms. The molecule has 6 heteroatoms. The summed E-state index contributed by atoms with van der Waals surface area (Å²) in [6.07, 6.45) is 3.00. The van der Waals surface area contributed by atoms with Crippen LogP contribution in [-0.2, 0) is 0 Å². The second kappa shape index (κ2) is 7.22. The number of pyridine rings is 1. The van der Waals surface area contributed by atoms with Crippen molar-refractivity contribution >= 4 is 40.8 Å². The van der Waals surface area contributed by atoms with Crippen molar-refractivity contribution < 1.29 is 9.53 Å². The molecular formula is C18H10Cl3NO2. The van der Waals surface area contributed by atoms with Crippen molar-refractivity contribution in [2.75, 3.05) is 0 Å². The maximum Gasteiger partial charge on any atom is 0.345 e. The maximum absolute atomic E-state index is 12.3. The van der Waals surface area contributed by atoms with Gasteiger partial charge in [-0.15, -0.1) is 0 Å². The summed E-state index contributed by atoms with van der Waals surface area (Å²) >= 11 is 18.4.